The summed E-state index contributed by atoms with van der Waals surface area (Å²) in [4.78, 5) is 22.1. The van der Waals surface area contributed by atoms with Crippen LogP contribution in [0.2, 0.25) is 0 Å². The van der Waals surface area contributed by atoms with Gasteiger partial charge in [-0.3, -0.25) is 9.69 Å². The van der Waals surface area contributed by atoms with Gasteiger partial charge in [0.2, 0.25) is 0 Å². The first-order valence-electron chi connectivity index (χ1n) is 13.0. The van der Waals surface area contributed by atoms with Crippen LogP contribution in [0.1, 0.15) is 62.7 Å². The molecule has 0 unspecified atom stereocenters. The van der Waals surface area contributed by atoms with Crippen molar-refractivity contribution in [3.8, 4) is 5.75 Å². The molecule has 6 nitrogen and oxygen atoms in total. The number of amides is 1. The Labute approximate surface area is 203 Å². The van der Waals surface area contributed by atoms with Crippen molar-refractivity contribution in [3.05, 3.63) is 41.3 Å². The van der Waals surface area contributed by atoms with E-state index in [9.17, 15) is 4.79 Å². The molecule has 1 aromatic carbocycles. The molecular formula is C28H39N3O3. The monoisotopic (exact) mass is 465 g/mol. The van der Waals surface area contributed by atoms with Crippen LogP contribution < -0.4 is 4.74 Å². The van der Waals surface area contributed by atoms with E-state index in [4.69, 9.17) is 9.47 Å². The molecule has 3 aliphatic rings. The van der Waals surface area contributed by atoms with E-state index in [2.05, 4.69) is 35.0 Å². The minimum absolute atomic E-state index is 0.153. The summed E-state index contributed by atoms with van der Waals surface area (Å²) in [6.45, 7) is 4.32. The van der Waals surface area contributed by atoms with Crippen LogP contribution in [0.4, 0.5) is 0 Å². The highest BCUT2D eigenvalue weighted by Crippen LogP contribution is 2.47. The van der Waals surface area contributed by atoms with Crippen LogP contribution in [-0.4, -0.2) is 61.1 Å². The van der Waals surface area contributed by atoms with Gasteiger partial charge in [-0.05, 0) is 55.2 Å². The van der Waals surface area contributed by atoms with Crippen LogP contribution in [0, 0.1) is 11.8 Å². The Morgan fingerprint density at radius 1 is 1.26 bits per heavy atom. The smallest absolute Gasteiger partial charge is 0.253 e. The number of carbonyl (C=O) groups excluding carboxylic acids is 1. The maximum atomic E-state index is 13.8. The number of fused-ring (bicyclic) bond motifs is 5. The van der Waals surface area contributed by atoms with Gasteiger partial charge in [-0.25, -0.2) is 0 Å². The lowest BCUT2D eigenvalue weighted by Crippen LogP contribution is -2.48. The third kappa shape index (κ3) is 3.90. The second kappa shape index (κ2) is 9.65. The van der Waals surface area contributed by atoms with Crippen molar-refractivity contribution in [2.24, 2.45) is 11.8 Å². The molecule has 2 aliphatic heterocycles. The molecule has 1 N–H and O–H groups in total. The molecule has 6 heteroatoms. The molecule has 34 heavy (non-hydrogen) atoms. The number of ether oxygens (including phenoxy) is 2. The second-order valence-electron chi connectivity index (χ2n) is 10.3. The van der Waals surface area contributed by atoms with Gasteiger partial charge in [0.25, 0.3) is 5.91 Å². The lowest BCUT2D eigenvalue weighted by atomic mass is 9.73. The first-order valence-corrected chi connectivity index (χ1v) is 13.0. The van der Waals surface area contributed by atoms with E-state index in [-0.39, 0.29) is 17.9 Å². The maximum absolute atomic E-state index is 13.8. The zero-order valence-corrected chi connectivity index (χ0v) is 21.1. The second-order valence-corrected chi connectivity index (χ2v) is 10.3. The Morgan fingerprint density at radius 3 is 2.76 bits per heavy atom. The number of likely N-dealkylation sites (N-methyl/N-ethyl adjacent to an activating group) is 1. The average Bonchev–Trinajstić information content (AvgIpc) is 3.54. The molecule has 184 valence electrons. The summed E-state index contributed by atoms with van der Waals surface area (Å²) in [6, 6.07) is 6.88. The minimum atomic E-state index is 0.153. The number of aromatic nitrogens is 1. The van der Waals surface area contributed by atoms with Gasteiger partial charge in [-0.15, -0.1) is 0 Å². The van der Waals surface area contributed by atoms with Gasteiger partial charge in [0.05, 0.1) is 32.1 Å². The van der Waals surface area contributed by atoms with Crippen LogP contribution in [0.5, 0.6) is 5.75 Å². The molecule has 2 aromatic rings. The van der Waals surface area contributed by atoms with E-state index < -0.39 is 0 Å². The number of piperidine rings is 1. The Morgan fingerprint density at radius 2 is 2.06 bits per heavy atom. The fourth-order valence-corrected chi connectivity index (χ4v) is 6.84. The minimum Gasteiger partial charge on any atom is -0.504 e. The first-order chi connectivity index (χ1) is 16.6. The van der Waals surface area contributed by atoms with Crippen molar-refractivity contribution < 1.29 is 14.3 Å². The van der Waals surface area contributed by atoms with Gasteiger partial charge >= 0.3 is 0 Å². The molecule has 1 aromatic heterocycles. The molecule has 3 heterocycles. The van der Waals surface area contributed by atoms with Crippen molar-refractivity contribution in [1.29, 1.82) is 0 Å². The number of hydrogen-bond donors (Lipinski definition) is 1. The van der Waals surface area contributed by atoms with Gasteiger partial charge in [0.15, 0.2) is 0 Å². The Kier molecular flexibility index (Phi) is 6.61. The molecule has 0 spiro atoms. The van der Waals surface area contributed by atoms with Gasteiger partial charge in [-0.2, -0.15) is 0 Å². The third-order valence-corrected chi connectivity index (χ3v) is 8.69. The standard InChI is InChI=1S/C28H39N3O3/c1-5-18-16-31-14-13-20-26-23(11-8-12-25(26)34-4)29-27(20)24(31)15-21(18)22(17-33-3)28(32)30(2)19-9-6-7-10-19/h8,11-12,17-19,21,24,29H,5-7,9-10,13-16H2,1-4H3/b22-17+/t18-,21+,24+/m1/s1. The van der Waals surface area contributed by atoms with Crippen molar-refractivity contribution in [2.45, 2.75) is 64.0 Å². The zero-order chi connectivity index (χ0) is 23.8. The van der Waals surface area contributed by atoms with Crippen LogP contribution in [0.25, 0.3) is 10.9 Å². The average molecular weight is 466 g/mol. The van der Waals surface area contributed by atoms with Crippen LogP contribution in [0.3, 0.4) is 0 Å². The number of methoxy groups -OCH3 is 2. The number of hydrogen-bond acceptors (Lipinski definition) is 4. The largest absolute Gasteiger partial charge is 0.504 e. The van der Waals surface area contributed by atoms with Crippen LogP contribution in [0.15, 0.2) is 30.0 Å². The molecular weight excluding hydrogens is 426 g/mol. The molecule has 2 fully saturated rings. The van der Waals surface area contributed by atoms with Gasteiger partial charge in [0.1, 0.15) is 5.75 Å². The van der Waals surface area contributed by atoms with Crippen molar-refractivity contribution in [3.63, 3.8) is 0 Å². The lowest BCUT2D eigenvalue weighted by Gasteiger charge is -2.47. The fraction of sp³-hybridized carbons (Fsp3) is 0.607. The number of carbonyl (C=O) groups is 1. The molecule has 0 bridgehead atoms. The lowest BCUT2D eigenvalue weighted by molar-refractivity contribution is -0.129. The number of aromatic amines is 1. The summed E-state index contributed by atoms with van der Waals surface area (Å²) in [7, 11) is 5.41. The van der Waals surface area contributed by atoms with E-state index >= 15 is 0 Å². The number of nitrogens with one attached hydrogen (secondary N) is 1. The summed E-state index contributed by atoms with van der Waals surface area (Å²) >= 11 is 0. The quantitative estimate of drug-likeness (QED) is 0.479. The predicted octanol–water partition coefficient (Wildman–Crippen LogP) is 5.05. The number of H-pyrrole nitrogens is 1. The number of rotatable bonds is 6. The normalized spacial score (nSPS) is 25.8. The van der Waals surface area contributed by atoms with E-state index in [0.717, 1.165) is 62.0 Å². The molecule has 1 amide bonds. The van der Waals surface area contributed by atoms with Gasteiger partial charge < -0.3 is 19.4 Å². The fourth-order valence-electron chi connectivity index (χ4n) is 6.84. The third-order valence-electron chi connectivity index (χ3n) is 8.69. The van der Waals surface area contributed by atoms with E-state index in [0.29, 0.717) is 12.0 Å². The highest BCUT2D eigenvalue weighted by molar-refractivity contribution is 5.94. The summed E-state index contributed by atoms with van der Waals surface area (Å²) in [5.74, 6) is 1.72. The van der Waals surface area contributed by atoms with E-state index in [1.165, 1.54) is 29.5 Å². The van der Waals surface area contributed by atoms with E-state index in [1.807, 2.05) is 11.9 Å². The van der Waals surface area contributed by atoms with Crippen molar-refractivity contribution in [2.75, 3.05) is 34.4 Å². The SMILES string of the molecule is CC[C@@H]1CN2CCc3c([nH]c4cccc(OC)c34)[C@@H]2C[C@@H]1/C(=C\OC)C(=O)N(C)C1CCCC1. The molecule has 1 saturated heterocycles. The maximum Gasteiger partial charge on any atom is 0.253 e. The number of nitrogens with zero attached hydrogens (tertiary/aromatic N) is 2. The summed E-state index contributed by atoms with van der Waals surface area (Å²) in [5, 5.41) is 1.22. The zero-order valence-electron chi connectivity index (χ0n) is 21.1. The van der Waals surface area contributed by atoms with Crippen LogP contribution in [-0.2, 0) is 16.0 Å². The van der Waals surface area contributed by atoms with Crippen LogP contribution >= 0.6 is 0 Å². The predicted molar refractivity (Wildman–Crippen MR) is 135 cm³/mol. The van der Waals surface area contributed by atoms with Crippen molar-refractivity contribution >= 4 is 16.8 Å². The molecule has 0 radical (unpaired) electrons. The Balaban J connectivity index is 1.49. The summed E-state index contributed by atoms with van der Waals surface area (Å²) < 4.78 is 11.2. The molecule has 5 rings (SSSR count). The van der Waals surface area contributed by atoms with Gasteiger partial charge in [-0.1, -0.05) is 32.3 Å². The molecule has 1 aliphatic carbocycles. The van der Waals surface area contributed by atoms with Crippen molar-refractivity contribution in [1.82, 2.24) is 14.8 Å². The topological polar surface area (TPSA) is 57.8 Å². The summed E-state index contributed by atoms with van der Waals surface area (Å²) in [5.41, 5.74) is 4.68. The van der Waals surface area contributed by atoms with E-state index in [1.54, 1.807) is 20.5 Å². The molecule has 3 atom stereocenters. The first kappa shape index (κ1) is 23.3. The van der Waals surface area contributed by atoms with Gasteiger partial charge in [0, 0.05) is 42.8 Å². The number of benzene rings is 1. The Bertz CT molecular complexity index is 1070. The highest BCUT2D eigenvalue weighted by Gasteiger charge is 2.43. The summed E-state index contributed by atoms with van der Waals surface area (Å²) in [6.07, 6.45) is 9.42. The molecule has 1 saturated carbocycles. The Hall–Kier alpha value is -2.47. The highest BCUT2D eigenvalue weighted by atomic mass is 16.5.